The number of aliphatic carboxylic acids is 1. The summed E-state index contributed by atoms with van der Waals surface area (Å²) in [4.78, 5) is 33.5. The summed E-state index contributed by atoms with van der Waals surface area (Å²) in [7, 11) is 0. The van der Waals surface area contributed by atoms with Gasteiger partial charge in [0.25, 0.3) is 5.91 Å². The Bertz CT molecular complexity index is 1490. The number of amides is 1. The third-order valence-corrected chi connectivity index (χ3v) is 6.94. The average molecular weight is 516 g/mol. The van der Waals surface area contributed by atoms with Crippen molar-refractivity contribution in [3.8, 4) is 11.3 Å². The Kier molecular flexibility index (Phi) is 7.13. The van der Waals surface area contributed by atoms with Gasteiger partial charge in [-0.1, -0.05) is 54.6 Å². The number of hydrogen-bond acceptors (Lipinski definition) is 4. The molecule has 1 amide bonds. The van der Waals surface area contributed by atoms with Gasteiger partial charge in [0.15, 0.2) is 0 Å². The first-order valence-electron chi connectivity index (χ1n) is 12.7. The fourth-order valence-electron chi connectivity index (χ4n) is 4.96. The zero-order valence-electron chi connectivity index (χ0n) is 20.7. The molecule has 2 N–H and O–H groups in total. The maximum absolute atomic E-state index is 13.7. The molecule has 1 aliphatic carbocycles. The van der Waals surface area contributed by atoms with Crippen molar-refractivity contribution in [1.29, 1.82) is 0 Å². The second-order valence-corrected chi connectivity index (χ2v) is 9.57. The van der Waals surface area contributed by atoms with Gasteiger partial charge in [-0.05, 0) is 61.4 Å². The Balaban J connectivity index is 1.43. The van der Waals surface area contributed by atoms with E-state index in [0.29, 0.717) is 28.0 Å². The predicted molar refractivity (Wildman–Crippen MR) is 140 cm³/mol. The third kappa shape index (κ3) is 5.39. The lowest BCUT2D eigenvalue weighted by Gasteiger charge is -2.26. The van der Waals surface area contributed by atoms with Crippen molar-refractivity contribution in [3.63, 3.8) is 0 Å². The topological polar surface area (TPSA) is 92.2 Å². The van der Waals surface area contributed by atoms with Crippen molar-refractivity contribution in [2.45, 2.75) is 50.5 Å². The van der Waals surface area contributed by atoms with Crippen LogP contribution < -0.4 is 5.32 Å². The molecule has 194 valence electrons. The summed E-state index contributed by atoms with van der Waals surface area (Å²) in [5.41, 5.74) is 5.67. The van der Waals surface area contributed by atoms with Gasteiger partial charge >= 0.3 is 11.9 Å². The number of rotatable bonds is 8. The molecule has 4 aromatic rings. The van der Waals surface area contributed by atoms with Crippen LogP contribution in [0.4, 0.5) is 8.78 Å². The highest BCUT2D eigenvalue weighted by Crippen LogP contribution is 2.30. The average Bonchev–Trinajstić information content (AvgIpc) is 2.93. The molecule has 0 fully saturated rings. The van der Waals surface area contributed by atoms with Gasteiger partial charge in [0.2, 0.25) is 0 Å². The summed E-state index contributed by atoms with van der Waals surface area (Å²) >= 11 is 0. The number of halogens is 2. The number of nitrogens with zero attached hydrogens (tertiary/aromatic N) is 2. The van der Waals surface area contributed by atoms with E-state index >= 15 is 0 Å². The van der Waals surface area contributed by atoms with Crippen LogP contribution in [-0.2, 0) is 17.6 Å². The molecule has 0 saturated carbocycles. The molecule has 0 aliphatic heterocycles. The van der Waals surface area contributed by atoms with Crippen molar-refractivity contribution in [2.24, 2.45) is 0 Å². The Labute approximate surface area is 218 Å². The van der Waals surface area contributed by atoms with Gasteiger partial charge in [0.05, 0.1) is 28.5 Å². The normalized spacial score (nSPS) is 15.2. The van der Waals surface area contributed by atoms with Gasteiger partial charge in [-0.25, -0.2) is 14.8 Å². The lowest BCUT2D eigenvalue weighted by molar-refractivity contribution is -0.165. The minimum atomic E-state index is -3.81. The van der Waals surface area contributed by atoms with E-state index in [4.69, 9.17) is 15.1 Å². The van der Waals surface area contributed by atoms with Crippen molar-refractivity contribution in [1.82, 2.24) is 15.3 Å². The predicted octanol–water partition coefficient (Wildman–Crippen LogP) is 6.15. The van der Waals surface area contributed by atoms with Crippen LogP contribution in [0.5, 0.6) is 0 Å². The molecule has 6 nitrogen and oxygen atoms in total. The molecule has 0 bridgehead atoms. The standard InChI is InChI=1S/C30H27F2N3O3/c31-30(32,29(37)38)17-7-14-25-27(20-9-2-1-3-10-20)34-24-16-15-21(18-26(24)33-25)28(36)35-23-13-6-11-19-8-4-5-12-22(19)23/h1-5,8-10,12,15-16,18,23H,6-7,11,13-14,17H2,(H,35,36)(H,37,38). The van der Waals surface area contributed by atoms with Crippen molar-refractivity contribution >= 4 is 22.9 Å². The second kappa shape index (κ2) is 10.7. The van der Waals surface area contributed by atoms with E-state index in [1.54, 1.807) is 18.2 Å². The van der Waals surface area contributed by atoms with Crippen LogP contribution in [0.1, 0.15) is 58.9 Å². The molecule has 3 aromatic carbocycles. The first-order valence-corrected chi connectivity index (χ1v) is 12.7. The van der Waals surface area contributed by atoms with Crippen LogP contribution in [0.3, 0.4) is 0 Å². The summed E-state index contributed by atoms with van der Waals surface area (Å²) < 4.78 is 27.3. The number of carbonyl (C=O) groups is 2. The summed E-state index contributed by atoms with van der Waals surface area (Å²) in [5.74, 6) is -6.16. The van der Waals surface area contributed by atoms with Crippen molar-refractivity contribution in [2.75, 3.05) is 0 Å². The SMILES string of the molecule is O=C(NC1CCCc2ccccc21)c1ccc2nc(-c3ccccc3)c(CCCC(F)(F)C(=O)O)nc2c1. The Hall–Kier alpha value is -4.20. The monoisotopic (exact) mass is 515 g/mol. The van der Waals surface area contributed by atoms with E-state index < -0.39 is 18.3 Å². The smallest absolute Gasteiger partial charge is 0.374 e. The van der Waals surface area contributed by atoms with E-state index in [9.17, 15) is 18.4 Å². The van der Waals surface area contributed by atoms with Crippen LogP contribution >= 0.6 is 0 Å². The molecule has 1 aliphatic rings. The summed E-state index contributed by atoms with van der Waals surface area (Å²) in [6, 6.07) is 22.4. The summed E-state index contributed by atoms with van der Waals surface area (Å²) in [6.45, 7) is 0. The summed E-state index contributed by atoms with van der Waals surface area (Å²) in [5, 5.41) is 11.9. The lowest BCUT2D eigenvalue weighted by atomic mass is 9.87. The number of benzene rings is 3. The maximum Gasteiger partial charge on any atom is 0.374 e. The molecule has 1 heterocycles. The van der Waals surface area contributed by atoms with Gasteiger partial charge in [-0.2, -0.15) is 8.78 Å². The number of aryl methyl sites for hydroxylation is 2. The number of carboxylic acid groups (broad SMARTS) is 1. The van der Waals surface area contributed by atoms with Gasteiger partial charge in [0, 0.05) is 17.5 Å². The third-order valence-electron chi connectivity index (χ3n) is 6.94. The van der Waals surface area contributed by atoms with Crippen molar-refractivity contribution in [3.05, 3.63) is 95.2 Å². The number of carboxylic acids is 1. The molecule has 1 aromatic heterocycles. The number of carbonyl (C=O) groups excluding carboxylic acids is 1. The Morgan fingerprint density at radius 3 is 2.53 bits per heavy atom. The second-order valence-electron chi connectivity index (χ2n) is 9.57. The molecule has 38 heavy (non-hydrogen) atoms. The van der Waals surface area contributed by atoms with Gasteiger partial charge in [-0.3, -0.25) is 4.79 Å². The van der Waals surface area contributed by atoms with Crippen LogP contribution in [0.25, 0.3) is 22.3 Å². The molecule has 1 atom stereocenters. The number of fused-ring (bicyclic) bond motifs is 2. The maximum atomic E-state index is 13.7. The number of alkyl halides is 2. The molecule has 5 rings (SSSR count). The number of nitrogens with one attached hydrogen (secondary N) is 1. The highest BCUT2D eigenvalue weighted by atomic mass is 19.3. The molecule has 1 unspecified atom stereocenters. The fourth-order valence-corrected chi connectivity index (χ4v) is 4.96. The highest BCUT2D eigenvalue weighted by Gasteiger charge is 2.37. The van der Waals surface area contributed by atoms with Gasteiger partial charge < -0.3 is 10.4 Å². The van der Waals surface area contributed by atoms with E-state index in [2.05, 4.69) is 17.4 Å². The molecule has 8 heteroatoms. The van der Waals surface area contributed by atoms with Gasteiger partial charge in [0.1, 0.15) is 0 Å². The quantitative estimate of drug-likeness (QED) is 0.294. The van der Waals surface area contributed by atoms with Crippen LogP contribution in [0.15, 0.2) is 72.8 Å². The fraction of sp³-hybridized carbons (Fsp3) is 0.267. The first kappa shape index (κ1) is 25.4. The Morgan fingerprint density at radius 1 is 0.974 bits per heavy atom. The van der Waals surface area contributed by atoms with E-state index in [0.717, 1.165) is 30.4 Å². The molecule has 0 radical (unpaired) electrons. The molecule has 0 saturated heterocycles. The van der Waals surface area contributed by atoms with Crippen molar-refractivity contribution < 1.29 is 23.5 Å². The van der Waals surface area contributed by atoms with Crippen LogP contribution in [-0.4, -0.2) is 32.9 Å². The first-order chi connectivity index (χ1) is 18.3. The number of aromatic nitrogens is 2. The van der Waals surface area contributed by atoms with Crippen LogP contribution in [0, 0.1) is 0 Å². The van der Waals surface area contributed by atoms with E-state index in [1.807, 2.05) is 42.5 Å². The molecular formula is C30H27F2N3O3. The molecular weight excluding hydrogens is 488 g/mol. The lowest BCUT2D eigenvalue weighted by Crippen LogP contribution is -2.31. The highest BCUT2D eigenvalue weighted by molar-refractivity contribution is 5.97. The number of hydrogen-bond donors (Lipinski definition) is 2. The summed E-state index contributed by atoms with van der Waals surface area (Å²) in [6.07, 6.45) is 2.09. The largest absolute Gasteiger partial charge is 0.477 e. The Morgan fingerprint density at radius 2 is 1.74 bits per heavy atom. The van der Waals surface area contributed by atoms with E-state index in [1.165, 1.54) is 5.56 Å². The molecule has 0 spiro atoms. The van der Waals surface area contributed by atoms with Gasteiger partial charge in [-0.15, -0.1) is 0 Å². The zero-order chi connectivity index (χ0) is 26.7. The zero-order valence-corrected chi connectivity index (χ0v) is 20.7. The minimum Gasteiger partial charge on any atom is -0.477 e. The van der Waals surface area contributed by atoms with E-state index in [-0.39, 0.29) is 24.8 Å². The minimum absolute atomic E-state index is 0.0684. The van der Waals surface area contributed by atoms with Crippen LogP contribution in [0.2, 0.25) is 0 Å².